The summed E-state index contributed by atoms with van der Waals surface area (Å²) in [5.41, 5.74) is 6.28. The lowest BCUT2D eigenvalue weighted by Gasteiger charge is -2.16. The molecule has 1 saturated carbocycles. The number of hydrogen-bond acceptors (Lipinski definition) is 3. The molecule has 1 amide bonds. The topological polar surface area (TPSA) is 75.6 Å². The first-order chi connectivity index (χ1) is 14.6. The number of carbonyl (C=O) groups is 2. The second kappa shape index (κ2) is 7.34. The number of rotatable bonds is 5. The molecule has 5 heteroatoms. The minimum Gasteiger partial charge on any atom is -0.478 e. The maximum absolute atomic E-state index is 12.6. The minimum absolute atomic E-state index is 0.0172. The van der Waals surface area contributed by atoms with E-state index in [0.717, 1.165) is 29.5 Å². The Morgan fingerprint density at radius 3 is 2.13 bits per heavy atom. The minimum atomic E-state index is -1.02. The van der Waals surface area contributed by atoms with Gasteiger partial charge >= 0.3 is 12.1 Å². The Morgan fingerprint density at radius 2 is 1.53 bits per heavy atom. The first kappa shape index (κ1) is 18.4. The molecule has 3 aromatic rings. The van der Waals surface area contributed by atoms with Crippen LogP contribution in [0.25, 0.3) is 11.1 Å². The quantitative estimate of drug-likeness (QED) is 0.584. The van der Waals surface area contributed by atoms with E-state index >= 15 is 0 Å². The van der Waals surface area contributed by atoms with E-state index in [4.69, 9.17) is 4.74 Å². The molecule has 2 N–H and O–H groups in total. The summed E-state index contributed by atoms with van der Waals surface area (Å²) < 4.78 is 5.60. The molecule has 0 saturated heterocycles. The van der Waals surface area contributed by atoms with Crippen molar-refractivity contribution in [2.24, 2.45) is 0 Å². The van der Waals surface area contributed by atoms with Crippen LogP contribution in [0.3, 0.4) is 0 Å². The highest BCUT2D eigenvalue weighted by Gasteiger charge is 2.30. The first-order valence-electron chi connectivity index (χ1n) is 10.1. The average Bonchev–Trinajstić information content (AvgIpc) is 3.55. The van der Waals surface area contributed by atoms with Gasteiger partial charge in [-0.15, -0.1) is 0 Å². The van der Waals surface area contributed by atoms with Gasteiger partial charge in [-0.2, -0.15) is 0 Å². The third-order valence-electron chi connectivity index (χ3n) is 5.90. The summed E-state index contributed by atoms with van der Waals surface area (Å²) >= 11 is 0. The second-order valence-electron chi connectivity index (χ2n) is 7.83. The standard InChI is InChI=1S/C25H21NO4/c27-24(28)16-11-12-17(15-9-10-15)23(13-16)26-25(29)30-14-22-20-7-3-1-5-18(20)19-6-2-4-8-21(19)22/h1-8,11-13,15,22H,9-10,14H2,(H,26,29)(H,27,28). The van der Waals surface area contributed by atoms with Crippen LogP contribution in [0.2, 0.25) is 0 Å². The number of carboxylic acid groups (broad SMARTS) is 1. The Labute approximate surface area is 174 Å². The van der Waals surface area contributed by atoms with Crippen LogP contribution in [0.15, 0.2) is 66.7 Å². The normalized spacial score (nSPS) is 14.7. The molecule has 0 atom stereocenters. The number of benzene rings is 3. The maximum atomic E-state index is 12.6. The Bertz CT molecular complexity index is 1100. The van der Waals surface area contributed by atoms with Crippen molar-refractivity contribution in [2.45, 2.75) is 24.7 Å². The number of aromatic carboxylic acids is 1. The summed E-state index contributed by atoms with van der Waals surface area (Å²) in [7, 11) is 0. The van der Waals surface area contributed by atoms with Crippen LogP contribution in [0, 0.1) is 0 Å². The molecule has 5 rings (SSSR count). The molecule has 2 aliphatic carbocycles. The highest BCUT2D eigenvalue weighted by molar-refractivity contribution is 5.92. The summed E-state index contributed by atoms with van der Waals surface area (Å²) in [4.78, 5) is 23.9. The molecule has 0 bridgehead atoms. The monoisotopic (exact) mass is 399 g/mol. The average molecular weight is 399 g/mol. The molecule has 3 aromatic carbocycles. The zero-order valence-corrected chi connectivity index (χ0v) is 16.3. The smallest absolute Gasteiger partial charge is 0.411 e. The highest BCUT2D eigenvalue weighted by atomic mass is 16.5. The molecule has 5 nitrogen and oxygen atoms in total. The third-order valence-corrected chi connectivity index (χ3v) is 5.90. The Balaban J connectivity index is 1.34. The van der Waals surface area contributed by atoms with E-state index in [2.05, 4.69) is 29.6 Å². The van der Waals surface area contributed by atoms with Gasteiger partial charge in [-0.25, -0.2) is 9.59 Å². The van der Waals surface area contributed by atoms with Crippen molar-refractivity contribution >= 4 is 17.7 Å². The Hall–Kier alpha value is -3.60. The number of carboxylic acids is 1. The summed E-state index contributed by atoms with van der Waals surface area (Å²) in [5.74, 6) is -0.666. The molecule has 0 heterocycles. The molecule has 0 spiro atoms. The summed E-state index contributed by atoms with van der Waals surface area (Å²) in [6, 6.07) is 21.2. The van der Waals surface area contributed by atoms with Crippen LogP contribution in [0.4, 0.5) is 10.5 Å². The van der Waals surface area contributed by atoms with Crippen molar-refractivity contribution in [3.05, 3.63) is 89.0 Å². The number of fused-ring (bicyclic) bond motifs is 3. The van der Waals surface area contributed by atoms with Gasteiger partial charge in [-0.1, -0.05) is 54.6 Å². The fraction of sp³-hybridized carbons (Fsp3) is 0.200. The van der Waals surface area contributed by atoms with Crippen molar-refractivity contribution < 1.29 is 19.4 Å². The van der Waals surface area contributed by atoms with Crippen LogP contribution in [-0.4, -0.2) is 23.8 Å². The highest BCUT2D eigenvalue weighted by Crippen LogP contribution is 2.45. The van der Waals surface area contributed by atoms with Gasteiger partial charge < -0.3 is 9.84 Å². The second-order valence-corrected chi connectivity index (χ2v) is 7.83. The molecule has 0 radical (unpaired) electrons. The number of anilines is 1. The molecule has 0 aromatic heterocycles. The molecular weight excluding hydrogens is 378 g/mol. The molecule has 30 heavy (non-hydrogen) atoms. The van der Waals surface area contributed by atoms with Crippen LogP contribution in [0.1, 0.15) is 51.7 Å². The molecular formula is C25H21NO4. The van der Waals surface area contributed by atoms with Gasteiger partial charge in [-0.3, -0.25) is 5.32 Å². The van der Waals surface area contributed by atoms with E-state index in [1.165, 1.54) is 17.2 Å². The van der Waals surface area contributed by atoms with Crippen molar-refractivity contribution in [3.63, 3.8) is 0 Å². The SMILES string of the molecule is O=C(Nc1cc(C(=O)O)ccc1C1CC1)OCC1c2ccccc2-c2ccccc21. The van der Waals surface area contributed by atoms with Gasteiger partial charge in [0.2, 0.25) is 0 Å². The van der Waals surface area contributed by atoms with Crippen molar-refractivity contribution in [2.75, 3.05) is 11.9 Å². The largest absolute Gasteiger partial charge is 0.478 e. The van der Waals surface area contributed by atoms with Crippen molar-refractivity contribution in [1.82, 2.24) is 0 Å². The van der Waals surface area contributed by atoms with Gasteiger partial charge in [0.05, 0.1) is 5.56 Å². The number of carbonyl (C=O) groups excluding carboxylic acids is 1. The van der Waals surface area contributed by atoms with Crippen molar-refractivity contribution in [3.8, 4) is 11.1 Å². The molecule has 150 valence electrons. The summed E-state index contributed by atoms with van der Waals surface area (Å²) in [6.07, 6.45) is 1.53. The van der Waals surface area contributed by atoms with Crippen LogP contribution in [-0.2, 0) is 4.74 Å². The van der Waals surface area contributed by atoms with Crippen LogP contribution >= 0.6 is 0 Å². The van der Waals surface area contributed by atoms with E-state index in [1.54, 1.807) is 12.1 Å². The summed E-state index contributed by atoms with van der Waals surface area (Å²) in [5, 5.41) is 12.1. The zero-order chi connectivity index (χ0) is 20.7. The number of ether oxygens (including phenoxy) is 1. The predicted octanol–water partition coefficient (Wildman–Crippen LogP) is 5.62. The van der Waals surface area contributed by atoms with E-state index in [9.17, 15) is 14.7 Å². The van der Waals surface area contributed by atoms with Gasteiger partial charge in [0.1, 0.15) is 6.61 Å². The lowest BCUT2D eigenvalue weighted by atomic mass is 9.98. The zero-order valence-electron chi connectivity index (χ0n) is 16.3. The fourth-order valence-corrected chi connectivity index (χ4v) is 4.29. The van der Waals surface area contributed by atoms with Gasteiger partial charge in [0.25, 0.3) is 0 Å². The third kappa shape index (κ3) is 3.32. The van der Waals surface area contributed by atoms with Crippen LogP contribution in [0.5, 0.6) is 0 Å². The lowest BCUT2D eigenvalue weighted by Crippen LogP contribution is -2.19. The molecule has 0 unspecified atom stereocenters. The summed E-state index contributed by atoms with van der Waals surface area (Å²) in [6.45, 7) is 0.219. The van der Waals surface area contributed by atoms with Crippen molar-refractivity contribution in [1.29, 1.82) is 0 Å². The number of nitrogens with one attached hydrogen (secondary N) is 1. The van der Waals surface area contributed by atoms with E-state index in [0.29, 0.717) is 11.6 Å². The van der Waals surface area contributed by atoms with Crippen LogP contribution < -0.4 is 5.32 Å². The maximum Gasteiger partial charge on any atom is 0.411 e. The van der Waals surface area contributed by atoms with E-state index in [-0.39, 0.29) is 18.1 Å². The number of hydrogen-bond donors (Lipinski definition) is 2. The van der Waals surface area contributed by atoms with E-state index < -0.39 is 12.1 Å². The Morgan fingerprint density at radius 1 is 0.900 bits per heavy atom. The van der Waals surface area contributed by atoms with E-state index in [1.807, 2.05) is 24.3 Å². The van der Waals surface area contributed by atoms with Gasteiger partial charge in [-0.05, 0) is 58.7 Å². The lowest BCUT2D eigenvalue weighted by molar-refractivity contribution is 0.0696. The fourth-order valence-electron chi connectivity index (χ4n) is 4.29. The first-order valence-corrected chi connectivity index (χ1v) is 10.1. The molecule has 1 fully saturated rings. The molecule has 0 aliphatic heterocycles. The molecule has 2 aliphatic rings. The van der Waals surface area contributed by atoms with Gasteiger partial charge in [0.15, 0.2) is 0 Å². The predicted molar refractivity (Wildman–Crippen MR) is 114 cm³/mol. The Kier molecular flexibility index (Phi) is 4.51. The van der Waals surface area contributed by atoms with Gasteiger partial charge in [0, 0.05) is 11.6 Å². The number of amides is 1.